The van der Waals surface area contributed by atoms with Gasteiger partial charge in [-0.1, -0.05) is 12.8 Å². The molecule has 2 heterocycles. The number of nitrogens with zero attached hydrogens (tertiary/aromatic N) is 2. The summed E-state index contributed by atoms with van der Waals surface area (Å²) in [5.41, 5.74) is 0. The van der Waals surface area contributed by atoms with Gasteiger partial charge in [0.15, 0.2) is 0 Å². The van der Waals surface area contributed by atoms with E-state index >= 15 is 0 Å². The Morgan fingerprint density at radius 2 is 1.67 bits per heavy atom. The number of aliphatic hydroxyl groups excluding tert-OH is 1. The molecule has 3 fully saturated rings. The van der Waals surface area contributed by atoms with Crippen LogP contribution in [0.3, 0.4) is 0 Å². The molecule has 0 aromatic carbocycles. The van der Waals surface area contributed by atoms with Crippen molar-refractivity contribution in [1.82, 2.24) is 8.61 Å². The van der Waals surface area contributed by atoms with Crippen molar-refractivity contribution >= 4 is 10.2 Å². The van der Waals surface area contributed by atoms with Gasteiger partial charge in [0.2, 0.25) is 0 Å². The Kier molecular flexibility index (Phi) is 4.60. The van der Waals surface area contributed by atoms with E-state index in [0.717, 1.165) is 51.4 Å². The van der Waals surface area contributed by atoms with Crippen LogP contribution in [0.1, 0.15) is 58.3 Å². The monoisotopic (exact) mass is 316 g/mol. The number of rotatable bonds is 3. The lowest BCUT2D eigenvalue weighted by atomic mass is 9.95. The largest absolute Gasteiger partial charge is 0.393 e. The molecule has 3 aliphatic rings. The van der Waals surface area contributed by atoms with Gasteiger partial charge in [-0.3, -0.25) is 0 Å². The summed E-state index contributed by atoms with van der Waals surface area (Å²) in [4.78, 5) is 0. The molecule has 2 aliphatic heterocycles. The van der Waals surface area contributed by atoms with Crippen LogP contribution < -0.4 is 0 Å². The Morgan fingerprint density at radius 1 is 0.905 bits per heavy atom. The van der Waals surface area contributed by atoms with Crippen molar-refractivity contribution < 1.29 is 13.5 Å². The quantitative estimate of drug-likeness (QED) is 0.862. The third-order valence-corrected chi connectivity index (χ3v) is 7.79. The van der Waals surface area contributed by atoms with Crippen LogP contribution in [0.25, 0.3) is 0 Å². The lowest BCUT2D eigenvalue weighted by molar-refractivity contribution is 0.0946. The summed E-state index contributed by atoms with van der Waals surface area (Å²) in [6.07, 6.45) is 7.39. The molecular formula is C15H28N2O3S. The van der Waals surface area contributed by atoms with Gasteiger partial charge in [-0.25, -0.2) is 0 Å². The zero-order chi connectivity index (χ0) is 15.0. The van der Waals surface area contributed by atoms with Crippen molar-refractivity contribution in [3.8, 4) is 0 Å². The zero-order valence-electron chi connectivity index (χ0n) is 12.9. The summed E-state index contributed by atoms with van der Waals surface area (Å²) in [7, 11) is -3.37. The number of hydrogen-bond acceptors (Lipinski definition) is 3. The van der Waals surface area contributed by atoms with Crippen LogP contribution in [0.15, 0.2) is 0 Å². The Bertz CT molecular complexity index is 468. The van der Waals surface area contributed by atoms with Crippen LogP contribution in [0, 0.1) is 5.92 Å². The van der Waals surface area contributed by atoms with Gasteiger partial charge in [0.05, 0.1) is 6.10 Å². The maximum Gasteiger partial charge on any atom is 0.282 e. The van der Waals surface area contributed by atoms with Gasteiger partial charge in [0, 0.05) is 31.1 Å². The molecule has 0 amide bonds. The second-order valence-electron chi connectivity index (χ2n) is 6.95. The Morgan fingerprint density at radius 3 is 2.33 bits per heavy atom. The summed E-state index contributed by atoms with van der Waals surface area (Å²) < 4.78 is 29.5. The van der Waals surface area contributed by atoms with Crippen molar-refractivity contribution in [1.29, 1.82) is 0 Å². The van der Waals surface area contributed by atoms with Crippen molar-refractivity contribution in [2.45, 2.75) is 76.5 Å². The van der Waals surface area contributed by atoms with E-state index in [4.69, 9.17) is 0 Å². The molecule has 0 spiro atoms. The van der Waals surface area contributed by atoms with Gasteiger partial charge in [0.25, 0.3) is 10.2 Å². The molecule has 0 aromatic heterocycles. The molecule has 6 heteroatoms. The molecule has 0 radical (unpaired) electrons. The van der Waals surface area contributed by atoms with E-state index in [9.17, 15) is 13.5 Å². The zero-order valence-corrected chi connectivity index (χ0v) is 13.8. The van der Waals surface area contributed by atoms with E-state index in [1.54, 1.807) is 8.61 Å². The molecule has 21 heavy (non-hydrogen) atoms. The first-order chi connectivity index (χ1) is 10.0. The van der Waals surface area contributed by atoms with Gasteiger partial charge in [-0.05, 0) is 45.4 Å². The van der Waals surface area contributed by atoms with E-state index in [-0.39, 0.29) is 24.1 Å². The lowest BCUT2D eigenvalue weighted by Gasteiger charge is -2.38. The number of aliphatic hydroxyl groups is 1. The minimum Gasteiger partial charge on any atom is -0.393 e. The first-order valence-corrected chi connectivity index (χ1v) is 9.88. The van der Waals surface area contributed by atoms with Crippen molar-refractivity contribution in [3.63, 3.8) is 0 Å². The predicted molar refractivity (Wildman–Crippen MR) is 82.0 cm³/mol. The fraction of sp³-hybridized carbons (Fsp3) is 1.00. The molecule has 0 aromatic rings. The topological polar surface area (TPSA) is 60.9 Å². The fourth-order valence-corrected chi connectivity index (χ4v) is 6.60. The summed E-state index contributed by atoms with van der Waals surface area (Å²) in [5.74, 6) is 0.141. The molecule has 5 nitrogen and oxygen atoms in total. The molecular weight excluding hydrogens is 288 g/mol. The highest BCUT2D eigenvalue weighted by Gasteiger charge is 2.45. The highest BCUT2D eigenvalue weighted by atomic mass is 32.2. The van der Waals surface area contributed by atoms with Crippen molar-refractivity contribution in [2.75, 3.05) is 13.1 Å². The highest BCUT2D eigenvalue weighted by molar-refractivity contribution is 7.86. The van der Waals surface area contributed by atoms with Gasteiger partial charge in [-0.15, -0.1) is 0 Å². The van der Waals surface area contributed by atoms with Crippen LogP contribution >= 0.6 is 0 Å². The molecule has 2 saturated heterocycles. The molecule has 0 bridgehead atoms. The van der Waals surface area contributed by atoms with Gasteiger partial charge < -0.3 is 5.11 Å². The molecule has 1 aliphatic carbocycles. The third kappa shape index (κ3) is 2.87. The lowest BCUT2D eigenvalue weighted by Crippen LogP contribution is -2.53. The second kappa shape index (κ2) is 6.14. The Balaban J connectivity index is 1.80. The maximum absolute atomic E-state index is 13.0. The smallest absolute Gasteiger partial charge is 0.282 e. The van der Waals surface area contributed by atoms with Crippen molar-refractivity contribution in [2.24, 2.45) is 5.92 Å². The van der Waals surface area contributed by atoms with Crippen LogP contribution in [0.2, 0.25) is 0 Å². The predicted octanol–water partition coefficient (Wildman–Crippen LogP) is 1.73. The van der Waals surface area contributed by atoms with E-state index in [2.05, 4.69) is 0 Å². The molecule has 3 rings (SSSR count). The van der Waals surface area contributed by atoms with Crippen molar-refractivity contribution in [3.05, 3.63) is 0 Å². The van der Waals surface area contributed by atoms with E-state index in [1.165, 1.54) is 0 Å². The normalized spacial score (nSPS) is 39.9. The Hall–Kier alpha value is -0.170. The molecule has 122 valence electrons. The fourth-order valence-electron chi connectivity index (χ4n) is 4.45. The summed E-state index contributed by atoms with van der Waals surface area (Å²) in [5, 5.41) is 10.2. The summed E-state index contributed by atoms with van der Waals surface area (Å²) in [6, 6.07) is 0.125. The number of piperidine rings is 1. The minimum absolute atomic E-state index is 0.0154. The van der Waals surface area contributed by atoms with Crippen LogP contribution in [-0.2, 0) is 10.2 Å². The minimum atomic E-state index is -3.37. The Labute approximate surface area is 128 Å². The second-order valence-corrected chi connectivity index (χ2v) is 8.78. The average molecular weight is 316 g/mol. The van der Waals surface area contributed by atoms with E-state index < -0.39 is 10.2 Å². The highest BCUT2D eigenvalue weighted by Crippen LogP contribution is 2.38. The van der Waals surface area contributed by atoms with Crippen LogP contribution in [0.4, 0.5) is 0 Å². The van der Waals surface area contributed by atoms with Crippen LogP contribution in [-0.4, -0.2) is 53.4 Å². The van der Waals surface area contributed by atoms with E-state index in [0.29, 0.717) is 13.1 Å². The first kappa shape index (κ1) is 15.7. The average Bonchev–Trinajstić information content (AvgIpc) is 3.07. The molecule has 4 unspecified atom stereocenters. The van der Waals surface area contributed by atoms with Crippen LogP contribution in [0.5, 0.6) is 0 Å². The molecule has 1 N–H and O–H groups in total. The SMILES string of the molecule is CC1CCCCN1S(=O)(=O)N1CCCC1C1CCCC1O. The number of hydrogen-bond donors (Lipinski definition) is 1. The summed E-state index contributed by atoms with van der Waals surface area (Å²) >= 11 is 0. The first-order valence-electron chi connectivity index (χ1n) is 8.48. The third-order valence-electron chi connectivity index (χ3n) is 5.61. The summed E-state index contributed by atoms with van der Waals surface area (Å²) in [6.45, 7) is 3.30. The van der Waals surface area contributed by atoms with Gasteiger partial charge in [0.1, 0.15) is 0 Å². The van der Waals surface area contributed by atoms with E-state index in [1.807, 2.05) is 6.92 Å². The van der Waals surface area contributed by atoms with Gasteiger partial charge in [-0.2, -0.15) is 17.0 Å². The van der Waals surface area contributed by atoms with Gasteiger partial charge >= 0.3 is 0 Å². The molecule has 4 atom stereocenters. The maximum atomic E-state index is 13.0. The molecule has 1 saturated carbocycles. The standard InChI is InChI=1S/C15H28N2O3S/c1-12-6-2-3-10-16(12)21(19,20)17-11-5-8-14(17)13-7-4-9-15(13)18/h12-15,18H,2-11H2,1H3.